The molecule has 2 aromatic heterocycles. The zero-order chi connectivity index (χ0) is 15.4. The van der Waals surface area contributed by atoms with Crippen molar-refractivity contribution in [2.24, 2.45) is 0 Å². The number of anilines is 1. The molecule has 1 aromatic carbocycles. The van der Waals surface area contributed by atoms with Gasteiger partial charge in [-0.05, 0) is 31.2 Å². The number of benzene rings is 1. The van der Waals surface area contributed by atoms with Crippen LogP contribution in [0.2, 0.25) is 0 Å². The molecule has 6 nitrogen and oxygen atoms in total. The third kappa shape index (κ3) is 3.29. The quantitative estimate of drug-likeness (QED) is 0.798. The van der Waals surface area contributed by atoms with Crippen LogP contribution < -0.4 is 10.1 Å². The van der Waals surface area contributed by atoms with Gasteiger partial charge in [0.05, 0.1) is 0 Å². The predicted molar refractivity (Wildman–Crippen MR) is 79.9 cm³/mol. The van der Waals surface area contributed by atoms with Gasteiger partial charge in [0.25, 0.3) is 5.91 Å². The Kier molecular flexibility index (Phi) is 3.82. The van der Waals surface area contributed by atoms with Crippen molar-refractivity contribution < 1.29 is 14.1 Å². The van der Waals surface area contributed by atoms with Gasteiger partial charge in [-0.1, -0.05) is 17.3 Å². The second-order valence-corrected chi connectivity index (χ2v) is 4.57. The number of aryl methyl sites for hydroxylation is 1. The summed E-state index contributed by atoms with van der Waals surface area (Å²) < 4.78 is 10.5. The Morgan fingerprint density at radius 1 is 1.18 bits per heavy atom. The summed E-state index contributed by atoms with van der Waals surface area (Å²) in [6.07, 6.45) is 1.64. The summed E-state index contributed by atoms with van der Waals surface area (Å²) in [7, 11) is 0. The molecule has 22 heavy (non-hydrogen) atoms. The van der Waals surface area contributed by atoms with E-state index >= 15 is 0 Å². The summed E-state index contributed by atoms with van der Waals surface area (Å²) in [5.74, 6) is 1.70. The van der Waals surface area contributed by atoms with Crippen molar-refractivity contribution in [2.45, 2.75) is 6.92 Å². The molecule has 0 fully saturated rings. The first kappa shape index (κ1) is 13.8. The van der Waals surface area contributed by atoms with E-state index in [1.807, 2.05) is 6.07 Å². The Morgan fingerprint density at radius 2 is 2.09 bits per heavy atom. The van der Waals surface area contributed by atoms with Crippen LogP contribution in [0.5, 0.6) is 11.6 Å². The number of hydrogen-bond acceptors (Lipinski definition) is 5. The number of nitrogens with one attached hydrogen (secondary N) is 1. The summed E-state index contributed by atoms with van der Waals surface area (Å²) in [5.41, 5.74) is 0.453. The Bertz CT molecular complexity index is 784. The minimum Gasteiger partial charge on any atom is -0.439 e. The monoisotopic (exact) mass is 295 g/mol. The third-order valence-electron chi connectivity index (χ3n) is 2.83. The van der Waals surface area contributed by atoms with Gasteiger partial charge in [0.2, 0.25) is 5.88 Å². The number of aromatic nitrogens is 2. The van der Waals surface area contributed by atoms with E-state index < -0.39 is 0 Å². The van der Waals surface area contributed by atoms with Crippen molar-refractivity contribution in [1.29, 1.82) is 0 Å². The molecule has 0 radical (unpaired) electrons. The van der Waals surface area contributed by atoms with E-state index in [0.29, 0.717) is 28.8 Å². The highest BCUT2D eigenvalue weighted by Crippen LogP contribution is 2.20. The molecule has 3 aromatic rings. The zero-order valence-corrected chi connectivity index (χ0v) is 11.8. The number of rotatable bonds is 4. The SMILES string of the molecule is Cc1cc(NC(=O)c2cccc(Oc3ccccn3)c2)no1. The van der Waals surface area contributed by atoms with Crippen molar-refractivity contribution in [3.05, 3.63) is 66.1 Å². The van der Waals surface area contributed by atoms with E-state index in [2.05, 4.69) is 15.5 Å². The van der Waals surface area contributed by atoms with Crippen molar-refractivity contribution in [2.75, 3.05) is 5.32 Å². The van der Waals surface area contributed by atoms with Crippen LogP contribution in [0.3, 0.4) is 0 Å². The molecule has 0 saturated heterocycles. The molecule has 1 amide bonds. The Hall–Kier alpha value is -3.15. The minimum absolute atomic E-state index is 0.292. The van der Waals surface area contributed by atoms with Crippen molar-refractivity contribution >= 4 is 11.7 Å². The maximum atomic E-state index is 12.2. The summed E-state index contributed by atoms with van der Waals surface area (Å²) >= 11 is 0. The van der Waals surface area contributed by atoms with Crippen LogP contribution in [-0.2, 0) is 0 Å². The van der Waals surface area contributed by atoms with Gasteiger partial charge in [-0.3, -0.25) is 4.79 Å². The van der Waals surface area contributed by atoms with Gasteiger partial charge in [-0.15, -0.1) is 0 Å². The van der Waals surface area contributed by atoms with Crippen LogP contribution in [0.25, 0.3) is 0 Å². The van der Waals surface area contributed by atoms with Crippen molar-refractivity contribution in [1.82, 2.24) is 10.1 Å². The second kappa shape index (κ2) is 6.09. The topological polar surface area (TPSA) is 77.2 Å². The highest BCUT2D eigenvalue weighted by Gasteiger charge is 2.10. The summed E-state index contributed by atoms with van der Waals surface area (Å²) in [4.78, 5) is 16.2. The highest BCUT2D eigenvalue weighted by atomic mass is 16.5. The summed E-state index contributed by atoms with van der Waals surface area (Å²) in [5, 5.41) is 6.38. The highest BCUT2D eigenvalue weighted by molar-refractivity contribution is 6.03. The van der Waals surface area contributed by atoms with E-state index in [9.17, 15) is 4.79 Å². The summed E-state index contributed by atoms with van der Waals surface area (Å²) in [6, 6.07) is 13.8. The Morgan fingerprint density at radius 3 is 2.82 bits per heavy atom. The summed E-state index contributed by atoms with van der Waals surface area (Å²) in [6.45, 7) is 1.75. The Labute approximate surface area is 126 Å². The minimum atomic E-state index is -0.292. The molecule has 0 saturated carbocycles. The molecule has 0 unspecified atom stereocenters. The van der Waals surface area contributed by atoms with E-state index in [1.54, 1.807) is 55.6 Å². The van der Waals surface area contributed by atoms with Gasteiger partial charge in [0.1, 0.15) is 11.5 Å². The first-order valence-electron chi connectivity index (χ1n) is 6.64. The Balaban J connectivity index is 1.74. The molecule has 110 valence electrons. The lowest BCUT2D eigenvalue weighted by Gasteiger charge is -2.06. The van der Waals surface area contributed by atoms with Crippen LogP contribution in [0.1, 0.15) is 16.1 Å². The molecular weight excluding hydrogens is 282 g/mol. The molecule has 0 aliphatic heterocycles. The molecule has 1 N–H and O–H groups in total. The van der Waals surface area contributed by atoms with Gasteiger partial charge in [-0.2, -0.15) is 0 Å². The molecule has 3 rings (SSSR count). The van der Waals surface area contributed by atoms with Crippen LogP contribution in [0.15, 0.2) is 59.3 Å². The standard InChI is InChI=1S/C16H13N3O3/c1-11-9-14(19-22-11)18-16(20)12-5-4-6-13(10-12)21-15-7-2-3-8-17-15/h2-10H,1H3,(H,18,19,20). The number of nitrogens with zero attached hydrogens (tertiary/aromatic N) is 2. The van der Waals surface area contributed by atoms with Crippen molar-refractivity contribution in [3.8, 4) is 11.6 Å². The maximum absolute atomic E-state index is 12.2. The van der Waals surface area contributed by atoms with Crippen LogP contribution in [-0.4, -0.2) is 16.0 Å². The van der Waals surface area contributed by atoms with Gasteiger partial charge in [0.15, 0.2) is 5.82 Å². The smallest absolute Gasteiger partial charge is 0.257 e. The average molecular weight is 295 g/mol. The lowest BCUT2D eigenvalue weighted by molar-refractivity contribution is 0.102. The fraction of sp³-hybridized carbons (Fsp3) is 0.0625. The first-order valence-corrected chi connectivity index (χ1v) is 6.64. The van der Waals surface area contributed by atoms with Gasteiger partial charge in [0, 0.05) is 23.9 Å². The first-order chi connectivity index (χ1) is 10.7. The van der Waals surface area contributed by atoms with E-state index in [-0.39, 0.29) is 5.91 Å². The molecular formula is C16H13N3O3. The fourth-order valence-corrected chi connectivity index (χ4v) is 1.84. The van der Waals surface area contributed by atoms with Crippen LogP contribution >= 0.6 is 0 Å². The van der Waals surface area contributed by atoms with Gasteiger partial charge >= 0.3 is 0 Å². The average Bonchev–Trinajstić information content (AvgIpc) is 2.93. The molecule has 6 heteroatoms. The van der Waals surface area contributed by atoms with Crippen LogP contribution in [0, 0.1) is 6.92 Å². The lowest BCUT2D eigenvalue weighted by Crippen LogP contribution is -2.12. The normalized spacial score (nSPS) is 10.2. The van der Waals surface area contributed by atoms with Gasteiger partial charge < -0.3 is 14.6 Å². The lowest BCUT2D eigenvalue weighted by atomic mass is 10.2. The maximum Gasteiger partial charge on any atom is 0.257 e. The van der Waals surface area contributed by atoms with E-state index in [1.165, 1.54) is 0 Å². The molecule has 2 heterocycles. The number of ether oxygens (including phenoxy) is 1. The molecule has 0 bridgehead atoms. The third-order valence-corrected chi connectivity index (χ3v) is 2.83. The molecule has 0 aliphatic rings. The number of carbonyl (C=O) groups excluding carboxylic acids is 1. The van der Waals surface area contributed by atoms with E-state index in [4.69, 9.17) is 9.26 Å². The largest absolute Gasteiger partial charge is 0.439 e. The molecule has 0 aliphatic carbocycles. The van der Waals surface area contributed by atoms with Crippen LogP contribution in [0.4, 0.5) is 5.82 Å². The predicted octanol–water partition coefficient (Wildman–Crippen LogP) is 3.42. The van der Waals surface area contributed by atoms with Gasteiger partial charge in [-0.25, -0.2) is 4.98 Å². The van der Waals surface area contributed by atoms with Crippen molar-refractivity contribution in [3.63, 3.8) is 0 Å². The number of hydrogen-bond donors (Lipinski definition) is 1. The number of carbonyl (C=O) groups is 1. The fourth-order valence-electron chi connectivity index (χ4n) is 1.84. The molecule has 0 atom stereocenters. The molecule has 0 spiro atoms. The van der Waals surface area contributed by atoms with E-state index in [0.717, 1.165) is 0 Å². The number of pyridine rings is 1. The second-order valence-electron chi connectivity index (χ2n) is 4.57. The zero-order valence-electron chi connectivity index (χ0n) is 11.8. The number of amides is 1.